The van der Waals surface area contributed by atoms with Crippen molar-refractivity contribution in [3.63, 3.8) is 0 Å². The first-order chi connectivity index (χ1) is 16.1. The molecule has 3 amide bonds. The van der Waals surface area contributed by atoms with Crippen LogP contribution in [-0.2, 0) is 25.6 Å². The molecule has 0 saturated heterocycles. The van der Waals surface area contributed by atoms with Crippen LogP contribution >= 0.6 is 0 Å². The number of nitrogens with one attached hydrogen (secondary N) is 3. The largest absolute Gasteiger partial charge is 0.508 e. The van der Waals surface area contributed by atoms with E-state index in [-0.39, 0.29) is 29.9 Å². The van der Waals surface area contributed by atoms with Gasteiger partial charge < -0.3 is 26.2 Å². The smallest absolute Gasteiger partial charge is 0.329 e. The van der Waals surface area contributed by atoms with E-state index in [1.54, 1.807) is 19.1 Å². The molecule has 0 bridgehead atoms. The molecule has 5 N–H and O–H groups in total. The molecule has 4 atom stereocenters. The standard InChI is InChI=1S/C26H41N3O6/c1-8-16(2)21(23(33)29-26(7,24(34)35)14-13-25(4,5)6)28-22(32)20(27-17(3)30)15-18-9-11-19(31)12-10-18/h9-12,16,20-21,31H,8,13-15H2,1-7H3,(H,27,30)(H,28,32)(H,29,33)(H,34,35). The van der Waals surface area contributed by atoms with Crippen LogP contribution in [0.25, 0.3) is 0 Å². The third kappa shape index (κ3) is 9.96. The number of phenols is 1. The molecule has 4 unspecified atom stereocenters. The Morgan fingerprint density at radius 3 is 1.97 bits per heavy atom. The van der Waals surface area contributed by atoms with Crippen molar-refractivity contribution in [1.82, 2.24) is 16.0 Å². The molecule has 1 aromatic rings. The quantitative estimate of drug-likeness (QED) is 0.304. The van der Waals surface area contributed by atoms with E-state index in [9.17, 15) is 29.4 Å². The van der Waals surface area contributed by atoms with Crippen molar-refractivity contribution >= 4 is 23.7 Å². The van der Waals surface area contributed by atoms with Crippen molar-refractivity contribution in [3.8, 4) is 5.75 Å². The van der Waals surface area contributed by atoms with Gasteiger partial charge in [0.1, 0.15) is 23.4 Å². The molecule has 0 aliphatic heterocycles. The van der Waals surface area contributed by atoms with E-state index in [1.807, 2.05) is 27.7 Å². The third-order valence-corrected chi connectivity index (χ3v) is 6.11. The van der Waals surface area contributed by atoms with Crippen molar-refractivity contribution < 1.29 is 29.4 Å². The lowest BCUT2D eigenvalue weighted by molar-refractivity contribution is -0.148. The van der Waals surface area contributed by atoms with E-state index in [4.69, 9.17) is 0 Å². The second kappa shape index (κ2) is 12.6. The van der Waals surface area contributed by atoms with Gasteiger partial charge in [0.2, 0.25) is 17.7 Å². The minimum atomic E-state index is -1.50. The number of aromatic hydroxyl groups is 1. The van der Waals surface area contributed by atoms with Gasteiger partial charge in [-0.3, -0.25) is 14.4 Å². The average molecular weight is 492 g/mol. The Morgan fingerprint density at radius 1 is 0.943 bits per heavy atom. The number of amides is 3. The summed E-state index contributed by atoms with van der Waals surface area (Å²) in [4.78, 5) is 50.2. The number of hydrogen-bond acceptors (Lipinski definition) is 5. The minimum absolute atomic E-state index is 0.0794. The molecule has 35 heavy (non-hydrogen) atoms. The number of carboxylic acids is 1. The van der Waals surface area contributed by atoms with E-state index in [0.717, 1.165) is 0 Å². The molecule has 0 fully saturated rings. The summed E-state index contributed by atoms with van der Waals surface area (Å²) < 4.78 is 0. The summed E-state index contributed by atoms with van der Waals surface area (Å²) in [5.74, 6) is -2.90. The van der Waals surface area contributed by atoms with Gasteiger partial charge in [-0.1, -0.05) is 53.2 Å². The molecule has 0 spiro atoms. The van der Waals surface area contributed by atoms with E-state index in [1.165, 1.54) is 26.0 Å². The van der Waals surface area contributed by atoms with E-state index in [2.05, 4.69) is 16.0 Å². The topological polar surface area (TPSA) is 145 Å². The van der Waals surface area contributed by atoms with Gasteiger partial charge in [0, 0.05) is 13.3 Å². The van der Waals surface area contributed by atoms with Crippen LogP contribution in [0.3, 0.4) is 0 Å². The number of rotatable bonds is 12. The van der Waals surface area contributed by atoms with Crippen molar-refractivity contribution in [1.29, 1.82) is 0 Å². The monoisotopic (exact) mass is 491 g/mol. The van der Waals surface area contributed by atoms with Gasteiger partial charge >= 0.3 is 5.97 Å². The van der Waals surface area contributed by atoms with Crippen molar-refractivity contribution in [2.75, 3.05) is 0 Å². The van der Waals surface area contributed by atoms with Crippen molar-refractivity contribution in [2.24, 2.45) is 11.3 Å². The molecule has 9 heteroatoms. The van der Waals surface area contributed by atoms with Crippen molar-refractivity contribution in [3.05, 3.63) is 29.8 Å². The molecule has 9 nitrogen and oxygen atoms in total. The van der Waals surface area contributed by atoms with Crippen LogP contribution in [0.1, 0.15) is 73.3 Å². The molecule has 196 valence electrons. The lowest BCUT2D eigenvalue weighted by atomic mass is 9.83. The normalized spacial score (nSPS) is 15.7. The maximum atomic E-state index is 13.3. The second-order valence-electron chi connectivity index (χ2n) is 10.7. The predicted octanol–water partition coefficient (Wildman–Crippen LogP) is 2.76. The Hall–Kier alpha value is -3.10. The Balaban J connectivity index is 3.11. The lowest BCUT2D eigenvalue weighted by Gasteiger charge is -2.33. The number of carboxylic acid groups (broad SMARTS) is 1. The van der Waals surface area contributed by atoms with Crippen molar-refractivity contribution in [2.45, 2.75) is 91.8 Å². The van der Waals surface area contributed by atoms with Gasteiger partial charge in [-0.2, -0.15) is 0 Å². The number of carbonyl (C=O) groups excluding carboxylic acids is 3. The molecule has 1 rings (SSSR count). The first-order valence-electron chi connectivity index (χ1n) is 12.0. The van der Waals surface area contributed by atoms with Crippen LogP contribution in [0.15, 0.2) is 24.3 Å². The molecular weight excluding hydrogens is 450 g/mol. The highest BCUT2D eigenvalue weighted by molar-refractivity contribution is 5.94. The Morgan fingerprint density at radius 2 is 1.51 bits per heavy atom. The highest BCUT2D eigenvalue weighted by Gasteiger charge is 2.39. The fourth-order valence-electron chi connectivity index (χ4n) is 3.48. The maximum Gasteiger partial charge on any atom is 0.329 e. The molecule has 1 aromatic carbocycles. The average Bonchev–Trinajstić information content (AvgIpc) is 2.75. The zero-order valence-corrected chi connectivity index (χ0v) is 21.9. The Kier molecular flexibility index (Phi) is 10.7. The molecule has 0 aromatic heterocycles. The summed E-state index contributed by atoms with van der Waals surface area (Å²) in [6, 6.07) is 4.31. The number of phenolic OH excluding ortho intramolecular Hbond substituents is 1. The van der Waals surface area contributed by atoms with E-state index < -0.39 is 41.3 Å². The SMILES string of the molecule is CCC(C)C(NC(=O)C(Cc1ccc(O)cc1)NC(C)=O)C(=O)NC(C)(CCC(C)(C)C)C(=O)O. The second-order valence-corrected chi connectivity index (χ2v) is 10.7. The summed E-state index contributed by atoms with van der Waals surface area (Å²) in [7, 11) is 0. The molecule has 0 heterocycles. The van der Waals surface area contributed by atoms with Crippen LogP contribution in [0.5, 0.6) is 5.75 Å². The van der Waals surface area contributed by atoms with Crippen LogP contribution in [0.4, 0.5) is 0 Å². The van der Waals surface area contributed by atoms with Gasteiger partial charge in [-0.25, -0.2) is 4.79 Å². The van der Waals surface area contributed by atoms with Gasteiger partial charge in [0.25, 0.3) is 0 Å². The summed E-state index contributed by atoms with van der Waals surface area (Å²) in [6.07, 6.45) is 1.52. The fraction of sp³-hybridized carbons (Fsp3) is 0.615. The number of benzene rings is 1. The van der Waals surface area contributed by atoms with Crippen LogP contribution < -0.4 is 16.0 Å². The minimum Gasteiger partial charge on any atom is -0.508 e. The highest BCUT2D eigenvalue weighted by atomic mass is 16.4. The maximum absolute atomic E-state index is 13.3. The molecular formula is C26H41N3O6. The molecule has 0 aliphatic rings. The summed E-state index contributed by atoms with van der Waals surface area (Å²) in [6.45, 7) is 12.4. The number of aliphatic carboxylic acids is 1. The Labute approximate surface area is 208 Å². The first-order valence-corrected chi connectivity index (χ1v) is 12.0. The molecule has 0 saturated carbocycles. The summed E-state index contributed by atoms with van der Waals surface area (Å²) in [5.41, 5.74) is -0.906. The summed E-state index contributed by atoms with van der Waals surface area (Å²) >= 11 is 0. The third-order valence-electron chi connectivity index (χ3n) is 6.11. The van der Waals surface area contributed by atoms with Crippen LogP contribution in [0, 0.1) is 11.3 Å². The van der Waals surface area contributed by atoms with Crippen LogP contribution in [0.2, 0.25) is 0 Å². The zero-order valence-electron chi connectivity index (χ0n) is 21.9. The number of carbonyl (C=O) groups is 4. The van der Waals surface area contributed by atoms with E-state index in [0.29, 0.717) is 18.4 Å². The van der Waals surface area contributed by atoms with Gasteiger partial charge in [-0.05, 0) is 48.8 Å². The summed E-state index contributed by atoms with van der Waals surface area (Å²) in [5, 5.41) is 27.3. The predicted molar refractivity (Wildman–Crippen MR) is 134 cm³/mol. The van der Waals surface area contributed by atoms with Gasteiger partial charge in [0.05, 0.1) is 0 Å². The lowest BCUT2D eigenvalue weighted by Crippen LogP contribution is -2.61. The number of hydrogen-bond donors (Lipinski definition) is 5. The van der Waals surface area contributed by atoms with Gasteiger partial charge in [-0.15, -0.1) is 0 Å². The van der Waals surface area contributed by atoms with Crippen LogP contribution in [-0.4, -0.2) is 51.5 Å². The van der Waals surface area contributed by atoms with Gasteiger partial charge in [0.15, 0.2) is 0 Å². The molecule has 0 radical (unpaired) electrons. The van der Waals surface area contributed by atoms with E-state index >= 15 is 0 Å². The first kappa shape index (κ1) is 29.9. The Bertz CT molecular complexity index is 893. The molecule has 0 aliphatic carbocycles. The highest BCUT2D eigenvalue weighted by Crippen LogP contribution is 2.26. The zero-order chi connectivity index (χ0) is 27.0. The fourth-order valence-corrected chi connectivity index (χ4v) is 3.48.